The van der Waals surface area contributed by atoms with Gasteiger partial charge in [0.15, 0.2) is 0 Å². The van der Waals surface area contributed by atoms with Gasteiger partial charge in [-0.25, -0.2) is 0 Å². The summed E-state index contributed by atoms with van der Waals surface area (Å²) in [5, 5.41) is 3.17. The highest BCUT2D eigenvalue weighted by Crippen LogP contribution is 2.06. The van der Waals surface area contributed by atoms with Crippen molar-refractivity contribution < 1.29 is 0 Å². The molecule has 0 aromatic heterocycles. The first-order valence-electron chi connectivity index (χ1n) is 4.11. The minimum Gasteiger partial charge on any atom is -0.365 e. The van der Waals surface area contributed by atoms with Crippen molar-refractivity contribution in [3.8, 4) is 0 Å². The summed E-state index contributed by atoms with van der Waals surface area (Å²) >= 11 is 0. The molecule has 1 heterocycles. The molecule has 0 fully saturated rings. The summed E-state index contributed by atoms with van der Waals surface area (Å²) in [6.07, 6.45) is 10.6. The van der Waals surface area contributed by atoms with E-state index in [1.165, 1.54) is 11.3 Å². The third-order valence-corrected chi connectivity index (χ3v) is 1.85. The van der Waals surface area contributed by atoms with Gasteiger partial charge >= 0.3 is 0 Å². The average Bonchev–Trinajstić information content (AvgIpc) is 2.52. The fraction of sp³-hybridized carbons (Fsp3) is 0.400. The zero-order chi connectivity index (χ0) is 8.10. The zero-order valence-electron chi connectivity index (χ0n) is 7.22. The van der Waals surface area contributed by atoms with Crippen molar-refractivity contribution in [3.63, 3.8) is 0 Å². The van der Waals surface area contributed by atoms with E-state index in [2.05, 4.69) is 37.4 Å². The number of nitrogens with one attached hydrogen (secondary N) is 1. The summed E-state index contributed by atoms with van der Waals surface area (Å²) in [4.78, 5) is 0. The first-order valence-corrected chi connectivity index (χ1v) is 4.11. The van der Waals surface area contributed by atoms with E-state index in [-0.39, 0.29) is 0 Å². The van der Waals surface area contributed by atoms with Crippen LogP contribution in [-0.4, -0.2) is 0 Å². The number of rotatable bonds is 2. The second kappa shape index (κ2) is 4.02. The molecule has 0 spiro atoms. The summed E-state index contributed by atoms with van der Waals surface area (Å²) in [6.45, 7) is 4.32. The van der Waals surface area contributed by atoms with E-state index in [0.717, 1.165) is 12.8 Å². The van der Waals surface area contributed by atoms with Crippen LogP contribution in [0.15, 0.2) is 35.7 Å². The van der Waals surface area contributed by atoms with Gasteiger partial charge in [0.1, 0.15) is 0 Å². The maximum atomic E-state index is 3.17. The first kappa shape index (κ1) is 8.12. The minimum atomic E-state index is 1.05. The van der Waals surface area contributed by atoms with Crippen molar-refractivity contribution in [1.82, 2.24) is 5.32 Å². The molecule has 0 unspecified atom stereocenters. The molecule has 1 aliphatic heterocycles. The molecule has 0 saturated heterocycles. The summed E-state index contributed by atoms with van der Waals surface area (Å²) in [7, 11) is 0. The molecule has 0 aliphatic carbocycles. The maximum absolute atomic E-state index is 3.17. The van der Waals surface area contributed by atoms with Crippen molar-refractivity contribution in [2.24, 2.45) is 0 Å². The number of hydrogen-bond acceptors (Lipinski definition) is 1. The Morgan fingerprint density at radius 1 is 1.73 bits per heavy atom. The van der Waals surface area contributed by atoms with Gasteiger partial charge in [0.05, 0.1) is 0 Å². The molecule has 1 N–H and O–H groups in total. The highest BCUT2D eigenvalue weighted by molar-refractivity contribution is 5.21. The summed E-state index contributed by atoms with van der Waals surface area (Å²) < 4.78 is 0. The van der Waals surface area contributed by atoms with E-state index in [1.807, 2.05) is 6.20 Å². The molecule has 0 aromatic carbocycles. The molecule has 0 saturated carbocycles. The molecule has 0 atom stereocenters. The minimum absolute atomic E-state index is 1.05. The monoisotopic (exact) mass is 149 g/mol. The van der Waals surface area contributed by atoms with Gasteiger partial charge < -0.3 is 5.32 Å². The van der Waals surface area contributed by atoms with Crippen molar-refractivity contribution >= 4 is 0 Å². The molecule has 1 nitrogen and oxygen atoms in total. The van der Waals surface area contributed by atoms with Gasteiger partial charge in [-0.2, -0.15) is 0 Å². The largest absolute Gasteiger partial charge is 0.365 e. The molecule has 0 bridgehead atoms. The highest BCUT2D eigenvalue weighted by atomic mass is 14.9. The van der Waals surface area contributed by atoms with Crippen molar-refractivity contribution in [3.05, 3.63) is 35.7 Å². The van der Waals surface area contributed by atoms with Crippen LogP contribution in [0.3, 0.4) is 0 Å². The van der Waals surface area contributed by atoms with Crippen molar-refractivity contribution in [1.29, 1.82) is 0 Å². The van der Waals surface area contributed by atoms with E-state index < -0.39 is 0 Å². The third-order valence-electron chi connectivity index (χ3n) is 1.85. The predicted octanol–water partition coefficient (Wildman–Crippen LogP) is 2.73. The van der Waals surface area contributed by atoms with Crippen LogP contribution in [0.1, 0.15) is 26.7 Å². The smallest absolute Gasteiger partial charge is 0.0185 e. The van der Waals surface area contributed by atoms with Crippen molar-refractivity contribution in [2.45, 2.75) is 26.7 Å². The van der Waals surface area contributed by atoms with Crippen LogP contribution >= 0.6 is 0 Å². The van der Waals surface area contributed by atoms with Gasteiger partial charge in [0.2, 0.25) is 0 Å². The van der Waals surface area contributed by atoms with Crippen LogP contribution in [0.25, 0.3) is 0 Å². The van der Waals surface area contributed by atoms with E-state index in [4.69, 9.17) is 0 Å². The van der Waals surface area contributed by atoms with Crippen LogP contribution in [0.4, 0.5) is 0 Å². The molecule has 0 amide bonds. The fourth-order valence-corrected chi connectivity index (χ4v) is 0.888. The Hall–Kier alpha value is -0.980. The van der Waals surface area contributed by atoms with Gasteiger partial charge in [0.25, 0.3) is 0 Å². The van der Waals surface area contributed by atoms with Crippen LogP contribution in [0.5, 0.6) is 0 Å². The van der Waals surface area contributed by atoms with Gasteiger partial charge in [-0.1, -0.05) is 24.6 Å². The molecule has 1 aliphatic rings. The summed E-state index contributed by atoms with van der Waals surface area (Å²) in [6, 6.07) is 0. The normalized spacial score (nSPS) is 20.9. The summed E-state index contributed by atoms with van der Waals surface area (Å²) in [5.74, 6) is 0. The lowest BCUT2D eigenvalue weighted by Crippen LogP contribution is -1.95. The lowest BCUT2D eigenvalue weighted by molar-refractivity contribution is 1.06. The first-order chi connectivity index (χ1) is 5.33. The Balaban J connectivity index is 2.46. The molecule has 1 rings (SSSR count). The van der Waals surface area contributed by atoms with Gasteiger partial charge in [0, 0.05) is 12.1 Å². The molecule has 0 aromatic rings. The molecular formula is C10H15N. The molecule has 11 heavy (non-hydrogen) atoms. The van der Waals surface area contributed by atoms with E-state index in [1.54, 1.807) is 0 Å². The molecule has 0 radical (unpaired) electrons. The number of allylic oxidation sites excluding steroid dienone is 4. The van der Waals surface area contributed by atoms with Crippen LogP contribution in [0, 0.1) is 0 Å². The Kier molecular flexibility index (Phi) is 2.96. The second-order valence-electron chi connectivity index (χ2n) is 2.81. The van der Waals surface area contributed by atoms with Crippen LogP contribution < -0.4 is 5.32 Å². The van der Waals surface area contributed by atoms with Crippen molar-refractivity contribution in [2.75, 3.05) is 0 Å². The average molecular weight is 149 g/mol. The van der Waals surface area contributed by atoms with Gasteiger partial charge in [-0.3, -0.25) is 0 Å². The van der Waals surface area contributed by atoms with E-state index >= 15 is 0 Å². The molecule has 60 valence electrons. The predicted molar refractivity (Wildman–Crippen MR) is 49.0 cm³/mol. The lowest BCUT2D eigenvalue weighted by Gasteiger charge is -1.95. The summed E-state index contributed by atoms with van der Waals surface area (Å²) in [5.41, 5.74) is 2.71. The zero-order valence-corrected chi connectivity index (χ0v) is 7.22. The van der Waals surface area contributed by atoms with Crippen LogP contribution in [-0.2, 0) is 0 Å². The molecule has 1 heteroatoms. The molecular weight excluding hydrogens is 134 g/mol. The third kappa shape index (κ3) is 2.62. The van der Waals surface area contributed by atoms with E-state index in [0.29, 0.717) is 0 Å². The highest BCUT2D eigenvalue weighted by Gasteiger charge is 1.95. The SMILES string of the molecule is CC/C(C)=C\C=C1/CC=CN1. The number of hydrogen-bond donors (Lipinski definition) is 1. The van der Waals surface area contributed by atoms with E-state index in [9.17, 15) is 0 Å². The van der Waals surface area contributed by atoms with Gasteiger partial charge in [-0.15, -0.1) is 0 Å². The van der Waals surface area contributed by atoms with Gasteiger partial charge in [-0.05, 0) is 25.6 Å². The fourth-order valence-electron chi connectivity index (χ4n) is 0.888. The second-order valence-corrected chi connectivity index (χ2v) is 2.81. The Morgan fingerprint density at radius 2 is 2.55 bits per heavy atom. The Labute approximate surface area is 68.5 Å². The topological polar surface area (TPSA) is 12.0 Å². The Morgan fingerprint density at radius 3 is 3.09 bits per heavy atom. The quantitative estimate of drug-likeness (QED) is 0.636. The Bertz CT molecular complexity index is 199. The maximum Gasteiger partial charge on any atom is 0.0185 e. The standard InChI is InChI=1S/C10H15N/c1-3-9(2)6-7-10-5-4-8-11-10/h4,6-8,11H,3,5H2,1-2H3/b9-6-,10-7+. The lowest BCUT2D eigenvalue weighted by atomic mass is 10.2. The van der Waals surface area contributed by atoms with Crippen LogP contribution in [0.2, 0.25) is 0 Å².